The summed E-state index contributed by atoms with van der Waals surface area (Å²) in [6.45, 7) is 2.73. The van der Waals surface area contributed by atoms with Crippen LogP contribution in [0.3, 0.4) is 0 Å². The molecule has 0 amide bonds. The summed E-state index contributed by atoms with van der Waals surface area (Å²) < 4.78 is 10.8. The second-order valence-corrected chi connectivity index (χ2v) is 6.02. The molecule has 0 unspecified atom stereocenters. The van der Waals surface area contributed by atoms with Crippen molar-refractivity contribution in [2.45, 2.75) is 19.6 Å². The van der Waals surface area contributed by atoms with E-state index in [2.05, 4.69) is 58.1 Å². The Bertz CT molecular complexity index is 834. The van der Waals surface area contributed by atoms with Crippen molar-refractivity contribution in [1.29, 1.82) is 0 Å². The second-order valence-electron chi connectivity index (χ2n) is 6.02. The van der Waals surface area contributed by atoms with Gasteiger partial charge in [0.2, 0.25) is 0 Å². The summed E-state index contributed by atoms with van der Waals surface area (Å²) in [5.74, 6) is 1.65. The fraction of sp³-hybridized carbons (Fsp3) is 0.286. The van der Waals surface area contributed by atoms with Crippen LogP contribution in [0.25, 0.3) is 10.8 Å². The maximum atomic E-state index is 5.57. The number of hydrogen-bond donors (Lipinski definition) is 2. The van der Waals surface area contributed by atoms with Crippen molar-refractivity contribution in [3.63, 3.8) is 0 Å². The standard InChI is InChI=1S/C21H25N3O2.HI/c1-22-21(23-11-5-12-25-16-20-8-4-13-26-20)24-15-17-9-10-18-6-2-3-7-19(18)14-17;/h2-4,6-10,13-14H,5,11-12,15-16H2,1H3,(H2,22,23,24);1H. The normalized spacial score (nSPS) is 11.2. The predicted octanol–water partition coefficient (Wildman–Crippen LogP) is 4.32. The van der Waals surface area contributed by atoms with E-state index in [1.165, 1.54) is 16.3 Å². The SMILES string of the molecule is CN=C(NCCCOCc1ccco1)NCc1ccc2ccccc2c1.I. The lowest BCUT2D eigenvalue weighted by Gasteiger charge is -2.12. The van der Waals surface area contributed by atoms with Crippen LogP contribution in [0.1, 0.15) is 17.7 Å². The molecule has 5 nitrogen and oxygen atoms in total. The minimum atomic E-state index is 0. The van der Waals surface area contributed by atoms with Gasteiger partial charge in [0, 0.05) is 26.7 Å². The largest absolute Gasteiger partial charge is 0.467 e. The third kappa shape index (κ3) is 6.88. The van der Waals surface area contributed by atoms with Gasteiger partial charge in [0.1, 0.15) is 12.4 Å². The summed E-state index contributed by atoms with van der Waals surface area (Å²) in [4.78, 5) is 4.26. The summed E-state index contributed by atoms with van der Waals surface area (Å²) >= 11 is 0. The highest BCUT2D eigenvalue weighted by Gasteiger charge is 2.00. The zero-order valence-electron chi connectivity index (χ0n) is 15.5. The van der Waals surface area contributed by atoms with Gasteiger partial charge in [-0.15, -0.1) is 24.0 Å². The Morgan fingerprint density at radius 1 is 1.04 bits per heavy atom. The molecule has 6 heteroatoms. The van der Waals surface area contributed by atoms with Crippen molar-refractivity contribution in [1.82, 2.24) is 10.6 Å². The number of nitrogens with zero attached hydrogens (tertiary/aromatic N) is 1. The fourth-order valence-corrected chi connectivity index (χ4v) is 2.70. The molecule has 3 aromatic rings. The van der Waals surface area contributed by atoms with Gasteiger partial charge in [-0.3, -0.25) is 4.99 Å². The number of rotatable bonds is 8. The van der Waals surface area contributed by atoms with Crippen LogP contribution in [0.15, 0.2) is 70.3 Å². The lowest BCUT2D eigenvalue weighted by Crippen LogP contribution is -2.37. The Balaban J connectivity index is 0.00000261. The van der Waals surface area contributed by atoms with E-state index in [0.29, 0.717) is 13.2 Å². The molecule has 0 bridgehead atoms. The number of furan rings is 1. The molecule has 1 heterocycles. The fourth-order valence-electron chi connectivity index (χ4n) is 2.70. The van der Waals surface area contributed by atoms with Crippen LogP contribution < -0.4 is 10.6 Å². The molecule has 0 aliphatic rings. The predicted molar refractivity (Wildman–Crippen MR) is 121 cm³/mol. The Hall–Kier alpha value is -2.06. The molecule has 0 atom stereocenters. The van der Waals surface area contributed by atoms with Gasteiger partial charge in [-0.25, -0.2) is 0 Å². The number of hydrogen-bond acceptors (Lipinski definition) is 3. The minimum absolute atomic E-state index is 0. The highest BCUT2D eigenvalue weighted by Crippen LogP contribution is 2.15. The zero-order chi connectivity index (χ0) is 18.0. The van der Waals surface area contributed by atoms with E-state index in [1.807, 2.05) is 12.1 Å². The van der Waals surface area contributed by atoms with Gasteiger partial charge in [-0.05, 0) is 41.0 Å². The monoisotopic (exact) mass is 479 g/mol. The number of guanidine groups is 1. The van der Waals surface area contributed by atoms with Crippen molar-refractivity contribution in [3.05, 3.63) is 72.2 Å². The molecule has 144 valence electrons. The van der Waals surface area contributed by atoms with Crippen molar-refractivity contribution in [3.8, 4) is 0 Å². The van der Waals surface area contributed by atoms with E-state index in [4.69, 9.17) is 9.15 Å². The first-order chi connectivity index (χ1) is 12.8. The molecule has 0 spiro atoms. The van der Waals surface area contributed by atoms with Crippen molar-refractivity contribution in [2.75, 3.05) is 20.2 Å². The average Bonchev–Trinajstić information content (AvgIpc) is 3.20. The molecule has 0 saturated heterocycles. The first-order valence-corrected chi connectivity index (χ1v) is 8.87. The topological polar surface area (TPSA) is 58.8 Å². The van der Waals surface area contributed by atoms with E-state index in [-0.39, 0.29) is 24.0 Å². The minimum Gasteiger partial charge on any atom is -0.467 e. The molecule has 0 aliphatic heterocycles. The summed E-state index contributed by atoms with van der Waals surface area (Å²) in [5.41, 5.74) is 1.23. The Morgan fingerprint density at radius 2 is 1.89 bits per heavy atom. The summed E-state index contributed by atoms with van der Waals surface area (Å²) in [7, 11) is 1.78. The molecule has 0 fully saturated rings. The van der Waals surface area contributed by atoms with Crippen LogP contribution >= 0.6 is 24.0 Å². The first-order valence-electron chi connectivity index (χ1n) is 8.87. The van der Waals surface area contributed by atoms with Gasteiger partial charge in [-0.2, -0.15) is 0 Å². The number of benzene rings is 2. The maximum absolute atomic E-state index is 5.57. The Labute approximate surface area is 177 Å². The number of ether oxygens (including phenoxy) is 1. The molecule has 0 aliphatic carbocycles. The lowest BCUT2D eigenvalue weighted by atomic mass is 10.1. The van der Waals surface area contributed by atoms with Gasteiger partial charge < -0.3 is 19.8 Å². The van der Waals surface area contributed by atoms with Gasteiger partial charge in [0.15, 0.2) is 5.96 Å². The summed E-state index contributed by atoms with van der Waals surface area (Å²) in [6, 6.07) is 18.7. The van der Waals surface area contributed by atoms with E-state index in [1.54, 1.807) is 13.3 Å². The van der Waals surface area contributed by atoms with Crippen LogP contribution in [-0.2, 0) is 17.9 Å². The number of nitrogens with one attached hydrogen (secondary N) is 2. The van der Waals surface area contributed by atoms with Gasteiger partial charge in [0.25, 0.3) is 0 Å². The van der Waals surface area contributed by atoms with Gasteiger partial charge in [0.05, 0.1) is 6.26 Å². The molecule has 27 heavy (non-hydrogen) atoms. The summed E-state index contributed by atoms with van der Waals surface area (Å²) in [6.07, 6.45) is 2.56. The first kappa shape index (κ1) is 21.2. The number of fused-ring (bicyclic) bond motifs is 1. The van der Waals surface area contributed by atoms with E-state index >= 15 is 0 Å². The highest BCUT2D eigenvalue weighted by atomic mass is 127. The van der Waals surface area contributed by atoms with Crippen molar-refractivity contribution >= 4 is 40.7 Å². The van der Waals surface area contributed by atoms with Crippen LogP contribution in [-0.4, -0.2) is 26.2 Å². The third-order valence-corrected chi connectivity index (χ3v) is 4.08. The third-order valence-electron chi connectivity index (χ3n) is 4.08. The average molecular weight is 479 g/mol. The Morgan fingerprint density at radius 3 is 2.67 bits per heavy atom. The van der Waals surface area contributed by atoms with Crippen LogP contribution in [0.2, 0.25) is 0 Å². The smallest absolute Gasteiger partial charge is 0.191 e. The van der Waals surface area contributed by atoms with Gasteiger partial charge in [-0.1, -0.05) is 36.4 Å². The molecule has 2 aromatic carbocycles. The highest BCUT2D eigenvalue weighted by molar-refractivity contribution is 14.0. The van der Waals surface area contributed by atoms with E-state index in [9.17, 15) is 0 Å². The van der Waals surface area contributed by atoms with Crippen LogP contribution in [0, 0.1) is 0 Å². The zero-order valence-corrected chi connectivity index (χ0v) is 17.8. The van der Waals surface area contributed by atoms with Crippen LogP contribution in [0.5, 0.6) is 0 Å². The number of aliphatic imine (C=N–C) groups is 1. The molecule has 1 aromatic heterocycles. The van der Waals surface area contributed by atoms with Gasteiger partial charge >= 0.3 is 0 Å². The molecular weight excluding hydrogens is 453 g/mol. The molecule has 0 radical (unpaired) electrons. The lowest BCUT2D eigenvalue weighted by molar-refractivity contribution is 0.105. The van der Waals surface area contributed by atoms with E-state index in [0.717, 1.165) is 31.2 Å². The molecular formula is C21H26IN3O2. The molecule has 3 rings (SSSR count). The second kappa shape index (κ2) is 11.6. The van der Waals surface area contributed by atoms with Crippen molar-refractivity contribution in [2.24, 2.45) is 4.99 Å². The summed E-state index contributed by atoms with van der Waals surface area (Å²) in [5, 5.41) is 9.16. The van der Waals surface area contributed by atoms with Crippen molar-refractivity contribution < 1.29 is 9.15 Å². The molecule has 2 N–H and O–H groups in total. The number of halogens is 1. The molecule has 0 saturated carbocycles. The van der Waals surface area contributed by atoms with E-state index < -0.39 is 0 Å². The van der Waals surface area contributed by atoms with Crippen LogP contribution in [0.4, 0.5) is 0 Å². The Kier molecular flexibility index (Phi) is 9.13. The quantitative estimate of drug-likeness (QED) is 0.219. The maximum Gasteiger partial charge on any atom is 0.191 e.